The van der Waals surface area contributed by atoms with Gasteiger partial charge in [-0.2, -0.15) is 0 Å². The summed E-state index contributed by atoms with van der Waals surface area (Å²) in [5, 5.41) is 8.63. The maximum absolute atomic E-state index is 12.9. The lowest BCUT2D eigenvalue weighted by Gasteiger charge is -2.06. The number of nitrogens with zero attached hydrogens (tertiary/aromatic N) is 3. The van der Waals surface area contributed by atoms with E-state index in [0.29, 0.717) is 35.3 Å². The third kappa shape index (κ3) is 4.44. The minimum absolute atomic E-state index is 0.239. The molecule has 0 radical (unpaired) electrons. The highest BCUT2D eigenvalue weighted by atomic mass is 32.2. The normalized spacial score (nSPS) is 11.1. The third-order valence-electron chi connectivity index (χ3n) is 4.77. The van der Waals surface area contributed by atoms with Crippen LogP contribution >= 0.6 is 23.1 Å². The van der Waals surface area contributed by atoms with Crippen LogP contribution in [0.5, 0.6) is 0 Å². The van der Waals surface area contributed by atoms with Gasteiger partial charge in [0.05, 0.1) is 10.2 Å². The summed E-state index contributed by atoms with van der Waals surface area (Å²) in [6, 6.07) is 17.4. The molecule has 0 fully saturated rings. The monoisotopic (exact) mass is 461 g/mol. The van der Waals surface area contributed by atoms with E-state index in [1.807, 2.05) is 48.5 Å². The number of anilines is 1. The summed E-state index contributed by atoms with van der Waals surface area (Å²) in [4.78, 5) is 25.9. The molecule has 0 aliphatic carbocycles. The van der Waals surface area contributed by atoms with Crippen molar-refractivity contribution >= 4 is 55.3 Å². The molecule has 32 heavy (non-hydrogen) atoms. The van der Waals surface area contributed by atoms with Crippen molar-refractivity contribution in [1.29, 1.82) is 0 Å². The zero-order valence-corrected chi connectivity index (χ0v) is 18.6. The summed E-state index contributed by atoms with van der Waals surface area (Å²) in [6.07, 6.45) is 3.41. The molecule has 5 aromatic rings. The third-order valence-corrected chi connectivity index (χ3v) is 6.67. The Morgan fingerprint density at radius 2 is 1.81 bits per heavy atom. The van der Waals surface area contributed by atoms with Gasteiger partial charge in [-0.3, -0.25) is 4.79 Å². The Morgan fingerprint density at radius 3 is 2.69 bits per heavy atom. The molecular weight excluding hydrogens is 442 g/mol. The Bertz CT molecular complexity index is 1330. The lowest BCUT2D eigenvalue weighted by atomic mass is 10.1. The van der Waals surface area contributed by atoms with E-state index in [-0.39, 0.29) is 5.91 Å². The highest BCUT2D eigenvalue weighted by molar-refractivity contribution is 7.98. The molecule has 0 bridgehead atoms. The van der Waals surface area contributed by atoms with Crippen molar-refractivity contribution < 1.29 is 9.21 Å². The van der Waals surface area contributed by atoms with E-state index in [9.17, 15) is 4.79 Å². The molecule has 3 aromatic heterocycles. The number of hydrogen-bond donors (Lipinski definition) is 2. The van der Waals surface area contributed by atoms with Gasteiger partial charge in [0.1, 0.15) is 5.58 Å². The molecule has 0 unspecified atom stereocenters. The van der Waals surface area contributed by atoms with Crippen LogP contribution in [0, 0.1) is 0 Å². The van der Waals surface area contributed by atoms with Crippen molar-refractivity contribution in [2.75, 3.05) is 18.4 Å². The Hall–Kier alpha value is -3.43. The zero-order valence-electron chi connectivity index (χ0n) is 16.9. The second-order valence-corrected chi connectivity index (χ2v) is 8.87. The molecule has 0 aliphatic heterocycles. The van der Waals surface area contributed by atoms with Crippen LogP contribution in [0.2, 0.25) is 0 Å². The molecule has 3 heterocycles. The number of carbonyl (C=O) groups excluding carboxylic acids is 1. The molecule has 9 heteroatoms. The molecule has 0 spiro atoms. The van der Waals surface area contributed by atoms with E-state index in [1.165, 1.54) is 11.8 Å². The van der Waals surface area contributed by atoms with Gasteiger partial charge >= 0.3 is 0 Å². The Balaban J connectivity index is 1.25. The number of benzene rings is 2. The number of aromatic nitrogens is 3. The Kier molecular flexibility index (Phi) is 6.00. The lowest BCUT2D eigenvalue weighted by molar-refractivity contribution is 0.0928. The van der Waals surface area contributed by atoms with Gasteiger partial charge in [-0.25, -0.2) is 15.0 Å². The number of carbonyl (C=O) groups is 1. The number of rotatable bonds is 8. The highest BCUT2D eigenvalue weighted by Gasteiger charge is 2.20. The number of hydrogen-bond acceptors (Lipinski definition) is 8. The second kappa shape index (κ2) is 9.37. The molecule has 160 valence electrons. The lowest BCUT2D eigenvalue weighted by Crippen LogP contribution is -2.29. The zero-order chi connectivity index (χ0) is 21.8. The number of fused-ring (bicyclic) bond motifs is 2. The molecule has 0 saturated carbocycles. The van der Waals surface area contributed by atoms with E-state index < -0.39 is 0 Å². The van der Waals surface area contributed by atoms with Crippen LogP contribution in [0.4, 0.5) is 5.13 Å². The van der Waals surface area contributed by atoms with Gasteiger partial charge in [0.15, 0.2) is 16.0 Å². The van der Waals surface area contributed by atoms with Crippen molar-refractivity contribution in [3.63, 3.8) is 0 Å². The molecule has 0 atom stereocenters. The fourth-order valence-corrected chi connectivity index (χ4v) is 5.02. The fraction of sp³-hybridized carbons (Fsp3) is 0.130. The molecule has 0 saturated heterocycles. The molecule has 2 aromatic carbocycles. The predicted molar refractivity (Wildman–Crippen MR) is 128 cm³/mol. The van der Waals surface area contributed by atoms with Crippen LogP contribution in [-0.4, -0.2) is 33.9 Å². The van der Waals surface area contributed by atoms with E-state index in [0.717, 1.165) is 26.3 Å². The van der Waals surface area contributed by atoms with Crippen molar-refractivity contribution in [3.8, 4) is 0 Å². The van der Waals surface area contributed by atoms with E-state index in [4.69, 9.17) is 4.42 Å². The van der Waals surface area contributed by atoms with Crippen LogP contribution in [0.15, 0.2) is 76.6 Å². The van der Waals surface area contributed by atoms with Crippen molar-refractivity contribution in [2.24, 2.45) is 0 Å². The number of para-hydroxylation sites is 2. The minimum Gasteiger partial charge on any atom is -0.451 e. The van der Waals surface area contributed by atoms with E-state index in [2.05, 4.69) is 25.6 Å². The molecular formula is C23H19N5O2S2. The summed E-state index contributed by atoms with van der Waals surface area (Å²) in [5.41, 5.74) is 2.50. The van der Waals surface area contributed by atoms with E-state index >= 15 is 0 Å². The molecule has 0 aliphatic rings. The van der Waals surface area contributed by atoms with Gasteiger partial charge in [0, 0.05) is 42.2 Å². The predicted octanol–water partition coefficient (Wildman–Crippen LogP) is 4.97. The maximum atomic E-state index is 12.9. The van der Waals surface area contributed by atoms with Crippen LogP contribution < -0.4 is 10.6 Å². The van der Waals surface area contributed by atoms with Gasteiger partial charge in [-0.15, -0.1) is 0 Å². The van der Waals surface area contributed by atoms with Gasteiger partial charge in [-0.05, 0) is 24.3 Å². The quantitative estimate of drug-likeness (QED) is 0.191. The number of amides is 1. The maximum Gasteiger partial charge on any atom is 0.287 e. The van der Waals surface area contributed by atoms with E-state index in [1.54, 1.807) is 29.8 Å². The summed E-state index contributed by atoms with van der Waals surface area (Å²) in [5.74, 6) is 0.625. The highest BCUT2D eigenvalue weighted by Crippen LogP contribution is 2.31. The molecule has 7 nitrogen and oxygen atoms in total. The topological polar surface area (TPSA) is 92.9 Å². The average molecular weight is 462 g/mol. The van der Waals surface area contributed by atoms with Crippen LogP contribution in [-0.2, 0) is 5.75 Å². The standard InChI is InChI=1S/C23H19N5O2S2/c29-21(24-12-13-27-23-28-17-7-2-4-9-19(17)32-23)20-16(14-31-22-25-10-5-11-26-22)15-6-1-3-8-18(15)30-20/h1-11H,12-14H2,(H,24,29)(H,27,28). The average Bonchev–Trinajstić information content (AvgIpc) is 3.42. The first-order chi connectivity index (χ1) is 15.8. The van der Waals surface area contributed by atoms with Crippen molar-refractivity contribution in [1.82, 2.24) is 20.3 Å². The van der Waals surface area contributed by atoms with Crippen LogP contribution in [0.3, 0.4) is 0 Å². The summed E-state index contributed by atoms with van der Waals surface area (Å²) >= 11 is 3.07. The van der Waals surface area contributed by atoms with Crippen LogP contribution in [0.25, 0.3) is 21.2 Å². The number of thiazole rings is 1. The molecule has 5 rings (SSSR count). The van der Waals surface area contributed by atoms with Gasteiger partial charge in [0.25, 0.3) is 5.91 Å². The Morgan fingerprint density at radius 1 is 1.00 bits per heavy atom. The van der Waals surface area contributed by atoms with Gasteiger partial charge in [-0.1, -0.05) is 53.4 Å². The number of furan rings is 1. The van der Waals surface area contributed by atoms with Gasteiger partial charge < -0.3 is 15.1 Å². The molecule has 1 amide bonds. The van der Waals surface area contributed by atoms with Crippen molar-refractivity contribution in [2.45, 2.75) is 10.9 Å². The summed E-state index contributed by atoms with van der Waals surface area (Å²) in [6.45, 7) is 1.01. The first-order valence-electron chi connectivity index (χ1n) is 10.1. The summed E-state index contributed by atoms with van der Waals surface area (Å²) in [7, 11) is 0. The number of nitrogens with one attached hydrogen (secondary N) is 2. The Labute approximate surface area is 192 Å². The minimum atomic E-state index is -0.239. The number of thioether (sulfide) groups is 1. The van der Waals surface area contributed by atoms with Crippen molar-refractivity contribution in [3.05, 3.63) is 78.3 Å². The fourth-order valence-electron chi connectivity index (χ4n) is 3.30. The first-order valence-corrected chi connectivity index (χ1v) is 11.9. The summed E-state index contributed by atoms with van der Waals surface area (Å²) < 4.78 is 7.04. The largest absolute Gasteiger partial charge is 0.451 e. The first kappa shape index (κ1) is 20.5. The smallest absolute Gasteiger partial charge is 0.287 e. The molecule has 2 N–H and O–H groups in total. The van der Waals surface area contributed by atoms with Crippen LogP contribution in [0.1, 0.15) is 16.1 Å². The SMILES string of the molecule is O=C(NCCNc1nc2ccccc2s1)c1oc2ccccc2c1CSc1ncccn1. The second-order valence-electron chi connectivity index (χ2n) is 6.90. The van der Waals surface area contributed by atoms with Gasteiger partial charge in [0.2, 0.25) is 0 Å².